The average Bonchev–Trinajstić information content (AvgIpc) is 2.43. The van der Waals surface area contributed by atoms with Crippen molar-refractivity contribution in [3.05, 3.63) is 6.42 Å². The quantitative estimate of drug-likeness (QED) is 0.656. The van der Waals surface area contributed by atoms with Crippen LogP contribution in [0.5, 0.6) is 0 Å². The standard InChI is InChI=1S/C18H36N/c19-17-13-12-16-18-14-10-8-6-4-2-1-3-5-7-9-11-15-18/h10,18H,1-9,11-17,19H2. The first-order valence-electron chi connectivity index (χ1n) is 8.95. The third-order valence-corrected chi connectivity index (χ3v) is 4.59. The van der Waals surface area contributed by atoms with Crippen LogP contribution in [0.25, 0.3) is 0 Å². The maximum absolute atomic E-state index is 5.61. The topological polar surface area (TPSA) is 26.0 Å². The fourth-order valence-corrected chi connectivity index (χ4v) is 3.27. The van der Waals surface area contributed by atoms with E-state index in [0.29, 0.717) is 0 Å². The lowest BCUT2D eigenvalue weighted by Crippen LogP contribution is -2.04. The summed E-state index contributed by atoms with van der Waals surface area (Å²) >= 11 is 0. The Hall–Kier alpha value is -0.0400. The molecule has 1 rings (SSSR count). The van der Waals surface area contributed by atoms with Crippen molar-refractivity contribution in [2.24, 2.45) is 11.7 Å². The Kier molecular flexibility index (Phi) is 11.6. The third-order valence-electron chi connectivity index (χ3n) is 4.59. The highest BCUT2D eigenvalue weighted by molar-refractivity contribution is 4.72. The lowest BCUT2D eigenvalue weighted by molar-refractivity contribution is 0.396. The molecule has 1 unspecified atom stereocenters. The van der Waals surface area contributed by atoms with Gasteiger partial charge >= 0.3 is 0 Å². The van der Waals surface area contributed by atoms with Crippen LogP contribution in [-0.4, -0.2) is 6.54 Å². The zero-order chi connectivity index (χ0) is 13.6. The molecule has 0 bridgehead atoms. The number of rotatable bonds is 4. The van der Waals surface area contributed by atoms with Gasteiger partial charge in [0, 0.05) is 0 Å². The van der Waals surface area contributed by atoms with E-state index in [1.807, 2.05) is 0 Å². The maximum atomic E-state index is 5.61. The van der Waals surface area contributed by atoms with Gasteiger partial charge in [0.1, 0.15) is 0 Å². The molecule has 1 radical (unpaired) electrons. The van der Waals surface area contributed by atoms with Gasteiger partial charge < -0.3 is 5.73 Å². The Labute approximate surface area is 121 Å². The first kappa shape index (κ1) is 17.0. The molecule has 1 saturated carbocycles. The van der Waals surface area contributed by atoms with Crippen LogP contribution < -0.4 is 5.73 Å². The average molecular weight is 266 g/mol. The van der Waals surface area contributed by atoms with E-state index < -0.39 is 0 Å². The van der Waals surface area contributed by atoms with Crippen molar-refractivity contribution in [1.29, 1.82) is 0 Å². The Bertz CT molecular complexity index is 165. The second-order valence-electron chi connectivity index (χ2n) is 6.43. The number of hydrogen-bond donors (Lipinski definition) is 1. The molecule has 0 aliphatic heterocycles. The van der Waals surface area contributed by atoms with Crippen LogP contribution in [0.1, 0.15) is 96.3 Å². The molecular formula is C18H36N. The summed E-state index contributed by atoms with van der Waals surface area (Å²) in [7, 11) is 0. The summed E-state index contributed by atoms with van der Waals surface area (Å²) in [5.74, 6) is 0.953. The van der Waals surface area contributed by atoms with Crippen molar-refractivity contribution in [3.8, 4) is 0 Å². The van der Waals surface area contributed by atoms with E-state index in [-0.39, 0.29) is 0 Å². The molecular weight excluding hydrogens is 230 g/mol. The van der Waals surface area contributed by atoms with Crippen molar-refractivity contribution in [2.45, 2.75) is 96.3 Å². The van der Waals surface area contributed by atoms with Crippen molar-refractivity contribution in [1.82, 2.24) is 0 Å². The zero-order valence-corrected chi connectivity index (χ0v) is 13.0. The largest absolute Gasteiger partial charge is 0.330 e. The van der Waals surface area contributed by atoms with Gasteiger partial charge in [-0.15, -0.1) is 0 Å². The van der Waals surface area contributed by atoms with Crippen LogP contribution in [0.3, 0.4) is 0 Å². The SMILES string of the molecule is NCCCCC1C[CH]CCCCCCCCCCC1. The van der Waals surface area contributed by atoms with E-state index in [1.165, 1.54) is 96.3 Å². The van der Waals surface area contributed by atoms with Gasteiger partial charge in [-0.1, -0.05) is 83.5 Å². The summed E-state index contributed by atoms with van der Waals surface area (Å²) in [6, 6.07) is 0. The summed E-state index contributed by atoms with van der Waals surface area (Å²) in [6.45, 7) is 0.871. The summed E-state index contributed by atoms with van der Waals surface area (Å²) in [5.41, 5.74) is 5.61. The lowest BCUT2D eigenvalue weighted by Gasteiger charge is -2.17. The molecule has 1 atom stereocenters. The monoisotopic (exact) mass is 266 g/mol. The molecule has 1 nitrogen and oxygen atoms in total. The Morgan fingerprint density at radius 3 is 2.11 bits per heavy atom. The lowest BCUT2D eigenvalue weighted by atomic mass is 9.89. The second kappa shape index (κ2) is 13.0. The molecule has 1 heteroatoms. The molecule has 0 amide bonds. The van der Waals surface area contributed by atoms with Gasteiger partial charge in [-0.05, 0) is 31.7 Å². The van der Waals surface area contributed by atoms with Crippen molar-refractivity contribution < 1.29 is 0 Å². The smallest absolute Gasteiger partial charge is 0.00773 e. The molecule has 0 spiro atoms. The molecule has 0 saturated heterocycles. The third kappa shape index (κ3) is 10.4. The summed E-state index contributed by atoms with van der Waals surface area (Å²) in [6.07, 6.45) is 23.9. The van der Waals surface area contributed by atoms with Crippen LogP contribution in [-0.2, 0) is 0 Å². The molecule has 1 fully saturated rings. The summed E-state index contributed by atoms with van der Waals surface area (Å²) in [5, 5.41) is 0. The highest BCUT2D eigenvalue weighted by atomic mass is 14.5. The summed E-state index contributed by atoms with van der Waals surface area (Å²) in [4.78, 5) is 0. The van der Waals surface area contributed by atoms with Crippen LogP contribution in [0.15, 0.2) is 0 Å². The van der Waals surface area contributed by atoms with Gasteiger partial charge in [0.15, 0.2) is 0 Å². The predicted octanol–water partition coefficient (Wildman–Crippen LogP) is 5.63. The van der Waals surface area contributed by atoms with E-state index in [0.717, 1.165) is 12.5 Å². The molecule has 0 heterocycles. The van der Waals surface area contributed by atoms with Gasteiger partial charge in [-0.25, -0.2) is 0 Å². The van der Waals surface area contributed by atoms with Crippen molar-refractivity contribution >= 4 is 0 Å². The van der Waals surface area contributed by atoms with E-state index in [1.54, 1.807) is 0 Å². The van der Waals surface area contributed by atoms with Gasteiger partial charge in [-0.2, -0.15) is 0 Å². The summed E-state index contributed by atoms with van der Waals surface area (Å²) < 4.78 is 0. The molecule has 113 valence electrons. The Morgan fingerprint density at radius 1 is 0.789 bits per heavy atom. The van der Waals surface area contributed by atoms with Crippen molar-refractivity contribution in [2.75, 3.05) is 6.54 Å². The molecule has 0 aromatic carbocycles. The second-order valence-corrected chi connectivity index (χ2v) is 6.43. The van der Waals surface area contributed by atoms with Crippen molar-refractivity contribution in [3.63, 3.8) is 0 Å². The molecule has 1 aliphatic carbocycles. The maximum Gasteiger partial charge on any atom is -0.00773 e. The molecule has 1 aliphatic rings. The fourth-order valence-electron chi connectivity index (χ4n) is 3.27. The van der Waals surface area contributed by atoms with Crippen LogP contribution in [0.2, 0.25) is 0 Å². The van der Waals surface area contributed by atoms with Crippen LogP contribution >= 0.6 is 0 Å². The molecule has 0 aromatic rings. The predicted molar refractivity (Wildman–Crippen MR) is 86.1 cm³/mol. The number of hydrogen-bond acceptors (Lipinski definition) is 1. The first-order valence-corrected chi connectivity index (χ1v) is 8.95. The van der Waals surface area contributed by atoms with E-state index in [2.05, 4.69) is 6.42 Å². The number of unbranched alkanes of at least 4 members (excludes halogenated alkanes) is 1. The van der Waals surface area contributed by atoms with E-state index in [9.17, 15) is 0 Å². The number of nitrogens with two attached hydrogens (primary N) is 1. The highest BCUT2D eigenvalue weighted by Gasteiger charge is 2.08. The van der Waals surface area contributed by atoms with Crippen LogP contribution in [0.4, 0.5) is 0 Å². The van der Waals surface area contributed by atoms with E-state index in [4.69, 9.17) is 5.73 Å². The highest BCUT2D eigenvalue weighted by Crippen LogP contribution is 2.24. The van der Waals surface area contributed by atoms with Gasteiger partial charge in [0.2, 0.25) is 0 Å². The normalized spacial score (nSPS) is 21.9. The zero-order valence-electron chi connectivity index (χ0n) is 13.0. The minimum absolute atomic E-state index is 0.871. The Balaban J connectivity index is 2.19. The van der Waals surface area contributed by atoms with Gasteiger partial charge in [0.25, 0.3) is 0 Å². The minimum Gasteiger partial charge on any atom is -0.330 e. The fraction of sp³-hybridized carbons (Fsp3) is 0.944. The first-order chi connectivity index (χ1) is 9.43. The van der Waals surface area contributed by atoms with Crippen LogP contribution in [0, 0.1) is 12.3 Å². The van der Waals surface area contributed by atoms with Gasteiger partial charge in [-0.3, -0.25) is 0 Å². The minimum atomic E-state index is 0.871. The Morgan fingerprint density at radius 2 is 1.42 bits per heavy atom. The van der Waals surface area contributed by atoms with E-state index >= 15 is 0 Å². The van der Waals surface area contributed by atoms with Gasteiger partial charge in [0.05, 0.1) is 0 Å². The molecule has 0 aromatic heterocycles. The molecule has 2 N–H and O–H groups in total. The molecule has 19 heavy (non-hydrogen) atoms.